The first kappa shape index (κ1) is 17.9. The number of aromatic amines is 1. The molecule has 1 aliphatic heterocycles. The van der Waals surface area contributed by atoms with Crippen LogP contribution in [-0.2, 0) is 20.7 Å². The summed E-state index contributed by atoms with van der Waals surface area (Å²) < 4.78 is 4.95. The number of amides is 4. The van der Waals surface area contributed by atoms with Crippen LogP contribution in [0.4, 0.5) is 4.79 Å². The molecule has 8 nitrogen and oxygen atoms in total. The van der Waals surface area contributed by atoms with Gasteiger partial charge >= 0.3 is 6.03 Å². The van der Waals surface area contributed by atoms with Crippen LogP contribution in [0.3, 0.4) is 0 Å². The third-order valence-electron chi connectivity index (χ3n) is 4.33. The van der Waals surface area contributed by atoms with E-state index in [1.54, 1.807) is 6.92 Å². The molecule has 1 fully saturated rings. The quantitative estimate of drug-likeness (QED) is 0.636. The van der Waals surface area contributed by atoms with E-state index in [2.05, 4.69) is 15.6 Å². The molecule has 1 aromatic heterocycles. The highest BCUT2D eigenvalue weighted by molar-refractivity contribution is 6.06. The molecule has 1 aliphatic rings. The van der Waals surface area contributed by atoms with Crippen LogP contribution in [0.25, 0.3) is 10.9 Å². The standard InChI is InChI=1S/C18H22N4O4/c1-11(10-26-2)20-16(23)9-22-17(24)15(21-18(22)25)7-12-8-19-14-6-4-3-5-13(12)14/h3-6,8,11,15,19H,7,9-10H2,1-2H3,(H,20,23)(H,21,25)/t11-,15+/m1/s1. The summed E-state index contributed by atoms with van der Waals surface area (Å²) in [5.41, 5.74) is 1.92. The Morgan fingerprint density at radius 3 is 2.88 bits per heavy atom. The van der Waals surface area contributed by atoms with Gasteiger partial charge in [0.25, 0.3) is 5.91 Å². The third kappa shape index (κ3) is 3.70. The Morgan fingerprint density at radius 1 is 1.35 bits per heavy atom. The van der Waals surface area contributed by atoms with Gasteiger partial charge in [0.2, 0.25) is 5.91 Å². The Balaban J connectivity index is 1.64. The van der Waals surface area contributed by atoms with Crippen LogP contribution in [0.2, 0.25) is 0 Å². The highest BCUT2D eigenvalue weighted by Gasteiger charge is 2.39. The first-order chi connectivity index (χ1) is 12.5. The summed E-state index contributed by atoms with van der Waals surface area (Å²) in [6.45, 7) is 1.84. The van der Waals surface area contributed by atoms with Gasteiger partial charge in [-0.1, -0.05) is 18.2 Å². The number of hydrogen-bond donors (Lipinski definition) is 3. The van der Waals surface area contributed by atoms with E-state index in [9.17, 15) is 14.4 Å². The fourth-order valence-corrected chi connectivity index (χ4v) is 3.14. The summed E-state index contributed by atoms with van der Waals surface area (Å²) in [6, 6.07) is 6.34. The van der Waals surface area contributed by atoms with Gasteiger partial charge in [-0.15, -0.1) is 0 Å². The number of rotatable bonds is 7. The number of benzene rings is 1. The molecular formula is C18H22N4O4. The summed E-state index contributed by atoms with van der Waals surface area (Å²) in [5, 5.41) is 6.36. The van der Waals surface area contributed by atoms with Gasteiger partial charge in [-0.2, -0.15) is 0 Å². The predicted molar refractivity (Wildman–Crippen MR) is 95.5 cm³/mol. The fraction of sp³-hybridized carbons (Fsp3) is 0.389. The largest absolute Gasteiger partial charge is 0.383 e. The van der Waals surface area contributed by atoms with Crippen molar-refractivity contribution in [1.29, 1.82) is 0 Å². The number of H-pyrrole nitrogens is 1. The lowest BCUT2D eigenvalue weighted by Crippen LogP contribution is -2.45. The summed E-state index contributed by atoms with van der Waals surface area (Å²) >= 11 is 0. The highest BCUT2D eigenvalue weighted by Crippen LogP contribution is 2.21. The number of carbonyl (C=O) groups is 3. The number of urea groups is 1. The lowest BCUT2D eigenvalue weighted by atomic mass is 10.1. The molecule has 26 heavy (non-hydrogen) atoms. The number of aromatic nitrogens is 1. The predicted octanol–water partition coefficient (Wildman–Crippen LogP) is 0.782. The fourth-order valence-electron chi connectivity index (χ4n) is 3.14. The number of ether oxygens (including phenoxy) is 1. The van der Waals surface area contributed by atoms with Crippen molar-refractivity contribution in [2.24, 2.45) is 0 Å². The van der Waals surface area contributed by atoms with Gasteiger partial charge in [-0.25, -0.2) is 4.79 Å². The van der Waals surface area contributed by atoms with Crippen LogP contribution < -0.4 is 10.6 Å². The lowest BCUT2D eigenvalue weighted by Gasteiger charge is -2.16. The van der Waals surface area contributed by atoms with E-state index in [4.69, 9.17) is 4.74 Å². The molecule has 1 saturated heterocycles. The number of methoxy groups -OCH3 is 1. The zero-order chi connectivity index (χ0) is 18.7. The summed E-state index contributed by atoms with van der Waals surface area (Å²) in [7, 11) is 1.54. The van der Waals surface area contributed by atoms with Crippen molar-refractivity contribution in [2.45, 2.75) is 25.4 Å². The summed E-state index contributed by atoms with van der Waals surface area (Å²) in [4.78, 5) is 40.8. The molecule has 0 saturated carbocycles. The Hall–Kier alpha value is -2.87. The van der Waals surface area contributed by atoms with E-state index >= 15 is 0 Å². The van der Waals surface area contributed by atoms with E-state index in [-0.39, 0.29) is 12.6 Å². The van der Waals surface area contributed by atoms with Crippen molar-refractivity contribution in [1.82, 2.24) is 20.5 Å². The van der Waals surface area contributed by atoms with E-state index in [0.29, 0.717) is 13.0 Å². The molecule has 2 atom stereocenters. The van der Waals surface area contributed by atoms with E-state index in [1.807, 2.05) is 30.5 Å². The van der Waals surface area contributed by atoms with Gasteiger partial charge in [0, 0.05) is 36.7 Å². The molecule has 0 radical (unpaired) electrons. The van der Waals surface area contributed by atoms with Gasteiger partial charge in [0.05, 0.1) is 6.61 Å². The van der Waals surface area contributed by atoms with Crippen molar-refractivity contribution in [2.75, 3.05) is 20.3 Å². The molecule has 3 rings (SSSR count). The van der Waals surface area contributed by atoms with Gasteiger partial charge in [-0.3, -0.25) is 14.5 Å². The van der Waals surface area contributed by atoms with Crippen molar-refractivity contribution in [3.63, 3.8) is 0 Å². The number of nitrogens with zero attached hydrogens (tertiary/aromatic N) is 1. The van der Waals surface area contributed by atoms with Crippen LogP contribution in [0.15, 0.2) is 30.5 Å². The first-order valence-electron chi connectivity index (χ1n) is 8.44. The second-order valence-electron chi connectivity index (χ2n) is 6.41. The molecule has 4 amide bonds. The SMILES string of the molecule is COC[C@@H](C)NC(=O)CN1C(=O)N[C@@H](Cc2c[nH]c3ccccc23)C1=O. The molecule has 2 heterocycles. The number of imide groups is 1. The van der Waals surface area contributed by atoms with Gasteiger partial charge in [0.15, 0.2) is 0 Å². The molecule has 0 unspecified atom stereocenters. The van der Waals surface area contributed by atoms with Crippen LogP contribution in [0.5, 0.6) is 0 Å². The topological polar surface area (TPSA) is 104 Å². The number of hydrogen-bond acceptors (Lipinski definition) is 4. The third-order valence-corrected chi connectivity index (χ3v) is 4.33. The zero-order valence-electron chi connectivity index (χ0n) is 14.7. The number of nitrogens with one attached hydrogen (secondary N) is 3. The van der Waals surface area contributed by atoms with Crippen LogP contribution in [-0.4, -0.2) is 60.1 Å². The molecular weight excluding hydrogens is 336 g/mol. The molecule has 3 N–H and O–H groups in total. The maximum absolute atomic E-state index is 12.6. The van der Waals surface area contributed by atoms with Crippen LogP contribution in [0.1, 0.15) is 12.5 Å². The Labute approximate surface area is 150 Å². The molecule has 2 aromatic rings. The molecule has 138 valence electrons. The molecule has 1 aromatic carbocycles. The minimum absolute atomic E-state index is 0.199. The van der Waals surface area contributed by atoms with E-state index in [1.165, 1.54) is 7.11 Å². The monoisotopic (exact) mass is 358 g/mol. The number of fused-ring (bicyclic) bond motifs is 1. The summed E-state index contributed by atoms with van der Waals surface area (Å²) in [6.07, 6.45) is 2.21. The Bertz CT molecular complexity index is 831. The number of para-hydroxylation sites is 1. The van der Waals surface area contributed by atoms with E-state index in [0.717, 1.165) is 21.4 Å². The van der Waals surface area contributed by atoms with Crippen LogP contribution in [0, 0.1) is 0 Å². The van der Waals surface area contributed by atoms with Gasteiger partial charge in [0.1, 0.15) is 12.6 Å². The van der Waals surface area contributed by atoms with Crippen molar-refractivity contribution >= 4 is 28.7 Å². The van der Waals surface area contributed by atoms with Crippen molar-refractivity contribution in [3.8, 4) is 0 Å². The maximum atomic E-state index is 12.6. The second kappa shape index (κ2) is 7.57. The minimum Gasteiger partial charge on any atom is -0.383 e. The van der Waals surface area contributed by atoms with Gasteiger partial charge < -0.3 is 20.4 Å². The zero-order valence-corrected chi connectivity index (χ0v) is 14.7. The van der Waals surface area contributed by atoms with Crippen LogP contribution >= 0.6 is 0 Å². The molecule has 0 bridgehead atoms. The Kier molecular flexibility index (Phi) is 5.22. The minimum atomic E-state index is -0.675. The Morgan fingerprint density at radius 2 is 2.12 bits per heavy atom. The summed E-state index contributed by atoms with van der Waals surface area (Å²) in [5.74, 6) is -0.791. The van der Waals surface area contributed by atoms with E-state index < -0.39 is 23.9 Å². The smallest absolute Gasteiger partial charge is 0.325 e. The van der Waals surface area contributed by atoms with Gasteiger partial charge in [-0.05, 0) is 18.6 Å². The molecule has 8 heteroatoms. The average molecular weight is 358 g/mol. The molecule has 0 aliphatic carbocycles. The average Bonchev–Trinajstić information content (AvgIpc) is 3.12. The number of carbonyl (C=O) groups excluding carboxylic acids is 3. The van der Waals surface area contributed by atoms with Crippen molar-refractivity contribution in [3.05, 3.63) is 36.0 Å². The second-order valence-corrected chi connectivity index (χ2v) is 6.41. The lowest BCUT2D eigenvalue weighted by molar-refractivity contribution is -0.132. The normalized spacial score (nSPS) is 18.2. The highest BCUT2D eigenvalue weighted by atomic mass is 16.5. The van der Waals surface area contributed by atoms with Crippen molar-refractivity contribution < 1.29 is 19.1 Å². The maximum Gasteiger partial charge on any atom is 0.325 e. The first-order valence-corrected chi connectivity index (χ1v) is 8.44. The molecule has 0 spiro atoms.